The zero-order valence-electron chi connectivity index (χ0n) is 15.2. The highest BCUT2D eigenvalue weighted by Crippen LogP contribution is 2.51. The van der Waals surface area contributed by atoms with E-state index in [9.17, 15) is 0 Å². The number of aliphatic imine (C=N–C) groups is 1. The van der Waals surface area contributed by atoms with Gasteiger partial charge in [-0.05, 0) is 47.5 Å². The lowest BCUT2D eigenvalue weighted by Gasteiger charge is -2.40. The number of halogens is 1. The summed E-state index contributed by atoms with van der Waals surface area (Å²) in [6, 6.07) is 13.7. The molecule has 8 heteroatoms. The number of ether oxygens (including phenoxy) is 1. The summed E-state index contributed by atoms with van der Waals surface area (Å²) in [6.45, 7) is 0. The summed E-state index contributed by atoms with van der Waals surface area (Å²) in [4.78, 5) is 4.87. The molecule has 1 aromatic heterocycles. The molecule has 1 aliphatic carbocycles. The zero-order valence-corrected chi connectivity index (χ0v) is 15.9. The van der Waals surface area contributed by atoms with Gasteiger partial charge >= 0.3 is 0 Å². The molecule has 3 aromatic rings. The van der Waals surface area contributed by atoms with Gasteiger partial charge in [-0.2, -0.15) is 0 Å². The number of rotatable bonds is 3. The minimum atomic E-state index is -0.279. The van der Waals surface area contributed by atoms with Crippen molar-refractivity contribution in [2.45, 2.75) is 37.6 Å². The van der Waals surface area contributed by atoms with Crippen molar-refractivity contribution < 1.29 is 4.74 Å². The highest BCUT2D eigenvalue weighted by atomic mass is 35.5. The Morgan fingerprint density at radius 2 is 1.82 bits per heavy atom. The van der Waals surface area contributed by atoms with Crippen LogP contribution in [-0.4, -0.2) is 27.0 Å². The van der Waals surface area contributed by atoms with Crippen molar-refractivity contribution in [1.29, 1.82) is 0 Å². The molecule has 1 fully saturated rings. The van der Waals surface area contributed by atoms with E-state index in [1.807, 2.05) is 42.5 Å². The van der Waals surface area contributed by atoms with Crippen LogP contribution >= 0.6 is 11.8 Å². The fourth-order valence-corrected chi connectivity index (χ4v) is 4.38. The predicted octanol–water partition coefficient (Wildman–Crippen LogP) is 4.82. The van der Waals surface area contributed by atoms with Crippen LogP contribution in [0.25, 0.3) is 11.4 Å². The summed E-state index contributed by atoms with van der Waals surface area (Å²) in [7, 11) is 0. The Hall–Kier alpha value is -2.93. The number of hydrogen-bond acceptors (Lipinski definition) is 6. The van der Waals surface area contributed by atoms with E-state index in [0.717, 1.165) is 48.2 Å². The first-order chi connectivity index (χ1) is 13.8. The number of fused-ring (bicyclic) bond motifs is 2. The van der Waals surface area contributed by atoms with Gasteiger partial charge in [0.2, 0.25) is 0 Å². The first-order valence-electron chi connectivity index (χ1n) is 9.42. The third-order valence-electron chi connectivity index (χ3n) is 5.49. The molecule has 0 unspecified atom stereocenters. The van der Waals surface area contributed by atoms with E-state index in [2.05, 4.69) is 20.6 Å². The van der Waals surface area contributed by atoms with Crippen molar-refractivity contribution >= 4 is 23.8 Å². The van der Waals surface area contributed by atoms with Crippen LogP contribution in [0.4, 0.5) is 5.69 Å². The average molecular weight is 395 g/mol. The van der Waals surface area contributed by atoms with Crippen LogP contribution in [0.3, 0.4) is 0 Å². The molecule has 2 aromatic carbocycles. The van der Waals surface area contributed by atoms with Gasteiger partial charge in [0.25, 0.3) is 0 Å². The second kappa shape index (κ2) is 6.91. The highest BCUT2D eigenvalue weighted by Gasteiger charge is 2.41. The number of aromatic amines is 1. The van der Waals surface area contributed by atoms with Crippen LogP contribution in [0, 0.1) is 0 Å². The maximum atomic E-state index is 6.43. The second-order valence-electron chi connectivity index (χ2n) is 7.15. The molecule has 1 aliphatic heterocycles. The monoisotopic (exact) mass is 394 g/mol. The summed E-state index contributed by atoms with van der Waals surface area (Å²) >= 11 is 6.43. The molecular weight excluding hydrogens is 376 g/mol. The van der Waals surface area contributed by atoms with Crippen molar-refractivity contribution in [3.05, 3.63) is 48.0 Å². The lowest BCUT2D eigenvalue weighted by molar-refractivity contribution is 0.296. The van der Waals surface area contributed by atoms with Gasteiger partial charge in [0.1, 0.15) is 17.8 Å². The number of benzene rings is 2. The quantitative estimate of drug-likeness (QED) is 0.644. The number of H-pyrrole nitrogens is 1. The lowest BCUT2D eigenvalue weighted by atomic mass is 9.75. The molecule has 142 valence electrons. The normalized spacial score (nSPS) is 17.5. The first-order valence-corrected chi connectivity index (χ1v) is 9.75. The first kappa shape index (κ1) is 17.2. The Balaban J connectivity index is 1.62. The topological polar surface area (TPSA) is 79.3 Å². The molecular formula is C20H19ClN6O. The van der Waals surface area contributed by atoms with Gasteiger partial charge in [0.05, 0.1) is 16.8 Å². The molecule has 0 amide bonds. The number of nitrogens with zero attached hydrogens (tertiary/aromatic N) is 5. The zero-order chi connectivity index (χ0) is 19.0. The molecule has 2 heterocycles. The Morgan fingerprint density at radius 1 is 1.00 bits per heavy atom. The summed E-state index contributed by atoms with van der Waals surface area (Å²) in [5.41, 5.74) is 2.50. The Morgan fingerprint density at radius 3 is 2.64 bits per heavy atom. The second-order valence-corrected chi connectivity index (χ2v) is 7.51. The summed E-state index contributed by atoms with van der Waals surface area (Å²) in [5.74, 6) is 2.00. The summed E-state index contributed by atoms with van der Waals surface area (Å²) in [6.07, 6.45) is 7.25. The van der Waals surface area contributed by atoms with E-state index >= 15 is 0 Å². The molecule has 2 aliphatic rings. The Labute approximate surface area is 167 Å². The van der Waals surface area contributed by atoms with Crippen molar-refractivity contribution in [3.63, 3.8) is 0 Å². The van der Waals surface area contributed by atoms with Crippen LogP contribution in [0.5, 0.6) is 11.5 Å². The standard InChI is InChI=1S/C20H19ClN6O/c21-27-13-22-20(11-4-1-5-12-20)18-15(27)8-6-10-17(18)28-16-9-3-2-7-14(16)19-23-25-26-24-19/h2-3,6-10,13H,1,4-5,11-12H2,(H,23,24,25,26). The van der Waals surface area contributed by atoms with Crippen molar-refractivity contribution in [2.24, 2.45) is 4.99 Å². The highest BCUT2D eigenvalue weighted by molar-refractivity contribution is 6.34. The number of aromatic nitrogens is 4. The largest absolute Gasteiger partial charge is 0.456 e. The maximum Gasteiger partial charge on any atom is 0.183 e. The van der Waals surface area contributed by atoms with E-state index in [4.69, 9.17) is 21.5 Å². The van der Waals surface area contributed by atoms with Crippen molar-refractivity contribution in [3.8, 4) is 22.9 Å². The molecule has 7 nitrogen and oxygen atoms in total. The van der Waals surface area contributed by atoms with Gasteiger partial charge in [0.15, 0.2) is 5.82 Å². The van der Waals surface area contributed by atoms with Crippen LogP contribution in [0.2, 0.25) is 0 Å². The van der Waals surface area contributed by atoms with Crippen molar-refractivity contribution in [2.75, 3.05) is 4.42 Å². The number of tetrazole rings is 1. The third kappa shape index (κ3) is 2.82. The molecule has 28 heavy (non-hydrogen) atoms. The van der Waals surface area contributed by atoms with Gasteiger partial charge in [-0.1, -0.05) is 37.5 Å². The smallest absolute Gasteiger partial charge is 0.183 e. The molecule has 0 radical (unpaired) electrons. The third-order valence-corrected chi connectivity index (χ3v) is 5.76. The van der Waals surface area contributed by atoms with Gasteiger partial charge in [-0.15, -0.1) is 5.10 Å². The molecule has 0 atom stereocenters. The molecule has 1 spiro atoms. The molecule has 0 saturated heterocycles. The Kier molecular flexibility index (Phi) is 4.24. The number of nitrogens with one attached hydrogen (secondary N) is 1. The van der Waals surface area contributed by atoms with Gasteiger partial charge in [-0.25, -0.2) is 9.52 Å². The molecule has 0 bridgehead atoms. The Bertz CT molecular complexity index is 1010. The van der Waals surface area contributed by atoms with Crippen LogP contribution in [0.15, 0.2) is 47.5 Å². The van der Waals surface area contributed by atoms with E-state index in [-0.39, 0.29) is 5.54 Å². The van der Waals surface area contributed by atoms with Gasteiger partial charge < -0.3 is 4.74 Å². The van der Waals surface area contributed by atoms with Crippen LogP contribution < -0.4 is 9.16 Å². The summed E-state index contributed by atoms with van der Waals surface area (Å²) < 4.78 is 7.98. The SMILES string of the molecule is ClN1C=NC2(CCCCC2)c2c(Oc3ccccc3-c3nnn[nH]3)cccc21. The van der Waals surface area contributed by atoms with E-state index in [1.165, 1.54) is 6.42 Å². The minimum absolute atomic E-state index is 0.279. The van der Waals surface area contributed by atoms with Gasteiger partial charge in [-0.3, -0.25) is 4.99 Å². The number of para-hydroxylation sites is 1. The van der Waals surface area contributed by atoms with E-state index in [0.29, 0.717) is 11.6 Å². The summed E-state index contributed by atoms with van der Waals surface area (Å²) in [5, 5.41) is 14.2. The fraction of sp³-hybridized carbons (Fsp3) is 0.300. The van der Waals surface area contributed by atoms with Crippen LogP contribution in [-0.2, 0) is 5.54 Å². The van der Waals surface area contributed by atoms with Crippen molar-refractivity contribution in [1.82, 2.24) is 20.6 Å². The maximum absolute atomic E-state index is 6.43. The minimum Gasteiger partial charge on any atom is -0.456 e. The van der Waals surface area contributed by atoms with Gasteiger partial charge in [0, 0.05) is 17.3 Å². The van der Waals surface area contributed by atoms with E-state index < -0.39 is 0 Å². The molecule has 1 saturated carbocycles. The molecule has 1 N–H and O–H groups in total. The number of anilines is 1. The number of hydrogen-bond donors (Lipinski definition) is 1. The van der Waals surface area contributed by atoms with Crippen LogP contribution in [0.1, 0.15) is 37.7 Å². The van der Waals surface area contributed by atoms with E-state index in [1.54, 1.807) is 10.8 Å². The predicted molar refractivity (Wildman–Crippen MR) is 108 cm³/mol. The average Bonchev–Trinajstić information content (AvgIpc) is 3.27. The fourth-order valence-electron chi connectivity index (χ4n) is 4.20. The lowest BCUT2D eigenvalue weighted by Crippen LogP contribution is -2.34. The molecule has 5 rings (SSSR count).